The zero-order valence-electron chi connectivity index (χ0n) is 7.11. The van der Waals surface area contributed by atoms with Crippen molar-refractivity contribution in [1.29, 1.82) is 0 Å². The molecule has 0 saturated heterocycles. The lowest BCUT2D eigenvalue weighted by atomic mass is 10.1. The average molecular weight is 190 g/mol. The van der Waals surface area contributed by atoms with Crippen LogP contribution in [-0.4, -0.2) is 41.2 Å². The number of halogens is 1. The molecule has 0 aliphatic heterocycles. The lowest BCUT2D eigenvalue weighted by molar-refractivity contribution is -0.152. The van der Waals surface area contributed by atoms with Crippen molar-refractivity contribution in [2.24, 2.45) is 11.8 Å². The van der Waals surface area contributed by atoms with Crippen LogP contribution in [0.2, 0.25) is 0 Å². The van der Waals surface area contributed by atoms with E-state index >= 15 is 0 Å². The molecule has 2 unspecified atom stereocenters. The Hall–Kier alpha value is -0.680. The molecule has 2 fully saturated rings. The zero-order valence-corrected chi connectivity index (χ0v) is 7.11. The van der Waals surface area contributed by atoms with Crippen LogP contribution in [0, 0.1) is 11.8 Å². The van der Waals surface area contributed by atoms with E-state index in [4.69, 9.17) is 0 Å². The van der Waals surface area contributed by atoms with Gasteiger partial charge in [-0.05, 0) is 0 Å². The molecule has 2 aliphatic rings. The molecule has 0 spiro atoms. The summed E-state index contributed by atoms with van der Waals surface area (Å²) < 4.78 is 18.0. The Kier molecular flexibility index (Phi) is 1.66. The van der Waals surface area contributed by atoms with E-state index in [-0.39, 0.29) is 6.42 Å². The highest BCUT2D eigenvalue weighted by atomic mass is 19.1. The topological polar surface area (TPSA) is 66.8 Å². The van der Waals surface area contributed by atoms with Crippen molar-refractivity contribution in [3.63, 3.8) is 0 Å². The molecule has 2 rings (SSSR count). The minimum absolute atomic E-state index is 0.151. The number of esters is 1. The largest absolute Gasteiger partial charge is 0.467 e. The molecule has 5 heteroatoms. The van der Waals surface area contributed by atoms with E-state index in [1.807, 2.05) is 0 Å². The molecule has 5 atom stereocenters. The Morgan fingerprint density at radius 1 is 1.46 bits per heavy atom. The predicted octanol–water partition coefficient (Wildman–Crippen LogP) is -0.761. The number of rotatable bonds is 1. The van der Waals surface area contributed by atoms with Gasteiger partial charge in [0.25, 0.3) is 0 Å². The number of hydrogen-bond donors (Lipinski definition) is 2. The SMILES string of the molecule is COC(=O)C1(F)C2[C@@H]1[C@H](O)C[C@@H]2O. The molecule has 4 nitrogen and oxygen atoms in total. The number of aliphatic hydroxyl groups is 2. The van der Waals surface area contributed by atoms with Crippen molar-refractivity contribution in [2.75, 3.05) is 7.11 Å². The number of alkyl halides is 1. The van der Waals surface area contributed by atoms with E-state index in [0.29, 0.717) is 0 Å². The molecule has 2 aliphatic carbocycles. The first-order chi connectivity index (χ1) is 6.03. The molecular formula is C8H11FO4. The Morgan fingerprint density at radius 3 is 2.31 bits per heavy atom. The van der Waals surface area contributed by atoms with Gasteiger partial charge >= 0.3 is 5.97 Å². The summed E-state index contributed by atoms with van der Waals surface area (Å²) >= 11 is 0. The Morgan fingerprint density at radius 2 is 1.92 bits per heavy atom. The van der Waals surface area contributed by atoms with Gasteiger partial charge in [-0.15, -0.1) is 0 Å². The molecule has 0 aromatic heterocycles. The summed E-state index contributed by atoms with van der Waals surface area (Å²) in [7, 11) is 1.09. The number of fused-ring (bicyclic) bond motifs is 1. The first kappa shape index (κ1) is 8.90. The van der Waals surface area contributed by atoms with Crippen LogP contribution in [0.25, 0.3) is 0 Å². The number of aliphatic hydroxyl groups excluding tert-OH is 2. The highest BCUT2D eigenvalue weighted by Gasteiger charge is 2.79. The normalized spacial score (nSPS) is 52.9. The van der Waals surface area contributed by atoms with Crippen molar-refractivity contribution < 1.29 is 24.1 Å². The summed E-state index contributed by atoms with van der Waals surface area (Å²) in [5.41, 5.74) is -2.15. The average Bonchev–Trinajstić information content (AvgIpc) is 2.60. The lowest BCUT2D eigenvalue weighted by Gasteiger charge is -2.14. The van der Waals surface area contributed by atoms with Crippen molar-refractivity contribution in [1.82, 2.24) is 0 Å². The van der Waals surface area contributed by atoms with Gasteiger partial charge in [0.15, 0.2) is 0 Å². The fourth-order valence-corrected chi connectivity index (χ4v) is 2.42. The van der Waals surface area contributed by atoms with Crippen LogP contribution in [0.5, 0.6) is 0 Å². The summed E-state index contributed by atoms with van der Waals surface area (Å²) in [5, 5.41) is 18.6. The summed E-state index contributed by atoms with van der Waals surface area (Å²) in [6, 6.07) is 0. The third-order valence-corrected chi connectivity index (χ3v) is 3.06. The van der Waals surface area contributed by atoms with Gasteiger partial charge in [0.2, 0.25) is 5.67 Å². The van der Waals surface area contributed by atoms with Gasteiger partial charge in [0, 0.05) is 18.3 Å². The maximum atomic E-state index is 13.7. The molecule has 74 valence electrons. The molecule has 2 N–H and O–H groups in total. The number of carbonyl (C=O) groups is 1. The standard InChI is InChI=1S/C8H11FO4/c1-13-7(12)8(9)5-3(10)2-4(11)6(5)8/h3-6,10-11H,2H2,1H3/t3-,4+,5+,6?,8?/m1/s1. The van der Waals surface area contributed by atoms with Gasteiger partial charge in [-0.3, -0.25) is 0 Å². The van der Waals surface area contributed by atoms with Crippen molar-refractivity contribution in [3.8, 4) is 0 Å². The fraction of sp³-hybridized carbons (Fsp3) is 0.875. The highest BCUT2D eigenvalue weighted by Crippen LogP contribution is 2.63. The van der Waals surface area contributed by atoms with E-state index in [0.717, 1.165) is 7.11 Å². The predicted molar refractivity (Wildman–Crippen MR) is 39.5 cm³/mol. The Bertz CT molecular complexity index is 241. The van der Waals surface area contributed by atoms with Crippen LogP contribution in [0.1, 0.15) is 6.42 Å². The van der Waals surface area contributed by atoms with Gasteiger partial charge in [-0.25, -0.2) is 9.18 Å². The molecule has 0 aromatic rings. The summed E-state index contributed by atoms with van der Waals surface area (Å²) in [4.78, 5) is 11.0. The molecule has 0 heterocycles. The third kappa shape index (κ3) is 0.886. The van der Waals surface area contributed by atoms with Gasteiger partial charge in [0.1, 0.15) is 0 Å². The van der Waals surface area contributed by atoms with E-state index in [1.165, 1.54) is 0 Å². The van der Waals surface area contributed by atoms with Crippen LogP contribution < -0.4 is 0 Å². The summed E-state index contributed by atoms with van der Waals surface area (Å²) in [6.45, 7) is 0. The van der Waals surface area contributed by atoms with E-state index < -0.39 is 35.7 Å². The first-order valence-electron chi connectivity index (χ1n) is 4.17. The molecule has 0 aromatic carbocycles. The monoisotopic (exact) mass is 190 g/mol. The first-order valence-corrected chi connectivity index (χ1v) is 4.17. The smallest absolute Gasteiger partial charge is 0.344 e. The maximum absolute atomic E-state index is 13.7. The quantitative estimate of drug-likeness (QED) is 0.533. The van der Waals surface area contributed by atoms with E-state index in [9.17, 15) is 19.4 Å². The van der Waals surface area contributed by atoms with Crippen molar-refractivity contribution in [2.45, 2.75) is 24.3 Å². The summed E-state index contributed by atoms with van der Waals surface area (Å²) in [6.07, 6.45) is -1.70. The fourth-order valence-electron chi connectivity index (χ4n) is 2.42. The second-order valence-electron chi connectivity index (χ2n) is 3.68. The second-order valence-corrected chi connectivity index (χ2v) is 3.68. The second kappa shape index (κ2) is 2.42. The number of hydrogen-bond acceptors (Lipinski definition) is 4. The molecule has 0 amide bonds. The van der Waals surface area contributed by atoms with Gasteiger partial charge in [-0.1, -0.05) is 0 Å². The van der Waals surface area contributed by atoms with Gasteiger partial charge in [-0.2, -0.15) is 0 Å². The van der Waals surface area contributed by atoms with E-state index in [1.54, 1.807) is 0 Å². The van der Waals surface area contributed by atoms with Crippen LogP contribution in [-0.2, 0) is 9.53 Å². The molecule has 0 bridgehead atoms. The molecular weight excluding hydrogens is 179 g/mol. The summed E-state index contributed by atoms with van der Waals surface area (Å²) in [5.74, 6) is -2.52. The van der Waals surface area contributed by atoms with Gasteiger partial charge in [0.05, 0.1) is 19.3 Å². The van der Waals surface area contributed by atoms with Crippen LogP contribution in [0.15, 0.2) is 0 Å². The Balaban J connectivity index is 2.19. The van der Waals surface area contributed by atoms with Crippen molar-refractivity contribution in [3.05, 3.63) is 0 Å². The zero-order chi connectivity index (χ0) is 9.80. The van der Waals surface area contributed by atoms with Gasteiger partial charge < -0.3 is 14.9 Å². The minimum atomic E-state index is -2.15. The van der Waals surface area contributed by atoms with Crippen LogP contribution in [0.3, 0.4) is 0 Å². The number of methoxy groups -OCH3 is 1. The molecule has 13 heavy (non-hydrogen) atoms. The third-order valence-electron chi connectivity index (χ3n) is 3.06. The highest BCUT2D eigenvalue weighted by molar-refractivity contribution is 5.85. The van der Waals surface area contributed by atoms with Crippen LogP contribution in [0.4, 0.5) is 4.39 Å². The maximum Gasteiger partial charge on any atom is 0.344 e. The Labute approximate surface area is 74.3 Å². The van der Waals surface area contributed by atoms with Crippen LogP contribution >= 0.6 is 0 Å². The lowest BCUT2D eigenvalue weighted by Crippen LogP contribution is -2.32. The minimum Gasteiger partial charge on any atom is -0.467 e. The van der Waals surface area contributed by atoms with E-state index in [2.05, 4.69) is 4.74 Å². The molecule has 0 radical (unpaired) electrons. The number of ether oxygens (including phenoxy) is 1. The molecule has 2 saturated carbocycles. The van der Waals surface area contributed by atoms with Crippen molar-refractivity contribution >= 4 is 5.97 Å². The number of carbonyl (C=O) groups excluding carboxylic acids is 1.